The molecule has 1 atom stereocenters. The summed E-state index contributed by atoms with van der Waals surface area (Å²) in [6.45, 7) is 3.46. The Balaban J connectivity index is 1.82. The number of hydrogen-bond acceptors (Lipinski definition) is 5. The zero-order chi connectivity index (χ0) is 14.8. The van der Waals surface area contributed by atoms with Gasteiger partial charge in [-0.1, -0.05) is 24.2 Å². The summed E-state index contributed by atoms with van der Waals surface area (Å²) in [5, 5.41) is 3.93. The number of rotatable bonds is 5. The summed E-state index contributed by atoms with van der Waals surface area (Å²) in [6.07, 6.45) is 1.11. The van der Waals surface area contributed by atoms with E-state index in [-0.39, 0.29) is 11.7 Å². The molecule has 2 aromatic heterocycles. The minimum absolute atomic E-state index is 0.0384. The third kappa shape index (κ3) is 2.69. The van der Waals surface area contributed by atoms with Gasteiger partial charge in [0.2, 0.25) is 5.89 Å². The van der Waals surface area contributed by atoms with E-state index in [1.54, 1.807) is 0 Å². The Morgan fingerprint density at radius 2 is 2.14 bits per heavy atom. The first-order valence-corrected chi connectivity index (χ1v) is 6.94. The molecule has 0 aliphatic rings. The number of nitrogens with zero attached hydrogens (tertiary/aromatic N) is 3. The smallest absolute Gasteiger partial charge is 0.237 e. The van der Waals surface area contributed by atoms with Gasteiger partial charge in [0.05, 0.1) is 23.4 Å². The number of aromatic nitrogens is 4. The van der Waals surface area contributed by atoms with Crippen molar-refractivity contribution >= 4 is 16.8 Å². The Hall–Kier alpha value is -2.50. The molecule has 0 radical (unpaired) electrons. The lowest BCUT2D eigenvalue weighted by Crippen LogP contribution is -2.08. The van der Waals surface area contributed by atoms with Crippen LogP contribution in [-0.2, 0) is 11.2 Å². The molecule has 0 aliphatic heterocycles. The number of benzene rings is 1. The molecule has 1 N–H and O–H groups in total. The van der Waals surface area contributed by atoms with Crippen LogP contribution in [0.3, 0.4) is 0 Å². The zero-order valence-electron chi connectivity index (χ0n) is 12.0. The van der Waals surface area contributed by atoms with Crippen LogP contribution in [0.15, 0.2) is 28.8 Å². The molecule has 3 rings (SSSR count). The van der Waals surface area contributed by atoms with Gasteiger partial charge in [-0.15, -0.1) is 0 Å². The van der Waals surface area contributed by atoms with Crippen LogP contribution in [0, 0.1) is 0 Å². The first-order chi connectivity index (χ1) is 10.2. The Kier molecular flexibility index (Phi) is 3.51. The summed E-state index contributed by atoms with van der Waals surface area (Å²) in [7, 11) is 0. The molecule has 0 aliphatic carbocycles. The first kappa shape index (κ1) is 13.5. The maximum atomic E-state index is 11.5. The Morgan fingerprint density at radius 1 is 1.33 bits per heavy atom. The summed E-state index contributed by atoms with van der Waals surface area (Å²) >= 11 is 0. The van der Waals surface area contributed by atoms with Crippen LogP contribution in [0.4, 0.5) is 0 Å². The predicted octanol–water partition coefficient (Wildman–Crippen LogP) is 2.62. The second-order valence-electron chi connectivity index (χ2n) is 5.00. The van der Waals surface area contributed by atoms with Crippen molar-refractivity contribution in [2.75, 3.05) is 0 Å². The second kappa shape index (κ2) is 5.47. The molecule has 2 heterocycles. The van der Waals surface area contributed by atoms with Crippen molar-refractivity contribution in [3.8, 4) is 0 Å². The topological polar surface area (TPSA) is 84.7 Å². The molecule has 21 heavy (non-hydrogen) atoms. The maximum Gasteiger partial charge on any atom is 0.237 e. The molecule has 3 aromatic rings. The molecule has 0 amide bonds. The zero-order valence-corrected chi connectivity index (χ0v) is 12.0. The van der Waals surface area contributed by atoms with E-state index in [1.807, 2.05) is 31.2 Å². The number of para-hydroxylation sites is 2. The van der Waals surface area contributed by atoms with Crippen molar-refractivity contribution in [3.63, 3.8) is 0 Å². The van der Waals surface area contributed by atoms with E-state index in [2.05, 4.69) is 20.1 Å². The fraction of sp³-hybridized carbons (Fsp3) is 0.333. The normalized spacial score (nSPS) is 12.7. The standard InChI is InChI=1S/C15H16N4O2/c1-3-10(9(2)20)15-18-14(19-21-15)8-13-16-11-6-4-5-7-12(11)17-13/h4-7,10H,3,8H2,1-2H3,(H,16,17). The Labute approximate surface area is 121 Å². The van der Waals surface area contributed by atoms with E-state index in [9.17, 15) is 4.79 Å². The van der Waals surface area contributed by atoms with Crippen molar-refractivity contribution < 1.29 is 9.32 Å². The summed E-state index contributed by atoms with van der Waals surface area (Å²) in [6, 6.07) is 7.81. The van der Waals surface area contributed by atoms with Crippen LogP contribution in [0.5, 0.6) is 0 Å². The van der Waals surface area contributed by atoms with Gasteiger partial charge in [-0.3, -0.25) is 4.79 Å². The maximum absolute atomic E-state index is 11.5. The molecule has 0 spiro atoms. The number of carbonyl (C=O) groups excluding carboxylic acids is 1. The highest BCUT2D eigenvalue weighted by atomic mass is 16.5. The monoisotopic (exact) mass is 284 g/mol. The van der Waals surface area contributed by atoms with Crippen molar-refractivity contribution in [1.29, 1.82) is 0 Å². The molecule has 6 nitrogen and oxygen atoms in total. The Morgan fingerprint density at radius 3 is 2.86 bits per heavy atom. The van der Waals surface area contributed by atoms with Crippen LogP contribution in [0.25, 0.3) is 11.0 Å². The van der Waals surface area contributed by atoms with Crippen LogP contribution >= 0.6 is 0 Å². The van der Waals surface area contributed by atoms with Gasteiger partial charge in [-0.2, -0.15) is 4.98 Å². The molecule has 6 heteroatoms. The van der Waals surface area contributed by atoms with Gasteiger partial charge in [-0.25, -0.2) is 4.98 Å². The van der Waals surface area contributed by atoms with Gasteiger partial charge < -0.3 is 9.51 Å². The van der Waals surface area contributed by atoms with Crippen molar-refractivity contribution in [1.82, 2.24) is 20.1 Å². The first-order valence-electron chi connectivity index (χ1n) is 6.94. The molecule has 0 saturated carbocycles. The quantitative estimate of drug-likeness (QED) is 0.778. The number of imidazole rings is 1. The molecular formula is C15H16N4O2. The number of fused-ring (bicyclic) bond motifs is 1. The van der Waals surface area contributed by atoms with Gasteiger partial charge in [-0.05, 0) is 25.5 Å². The minimum Gasteiger partial charge on any atom is -0.342 e. The number of Topliss-reactive ketones (excluding diaryl/α,β-unsaturated/α-hetero) is 1. The van der Waals surface area contributed by atoms with Gasteiger partial charge in [0.1, 0.15) is 11.6 Å². The van der Waals surface area contributed by atoms with E-state index in [0.717, 1.165) is 16.9 Å². The van der Waals surface area contributed by atoms with E-state index < -0.39 is 0 Å². The molecular weight excluding hydrogens is 268 g/mol. The van der Waals surface area contributed by atoms with Crippen molar-refractivity contribution in [3.05, 3.63) is 41.8 Å². The van der Waals surface area contributed by atoms with Crippen LogP contribution in [0.1, 0.15) is 43.7 Å². The van der Waals surface area contributed by atoms with Crippen molar-refractivity contribution in [2.24, 2.45) is 0 Å². The highest BCUT2D eigenvalue weighted by Crippen LogP contribution is 2.19. The largest absolute Gasteiger partial charge is 0.342 e. The van der Waals surface area contributed by atoms with E-state index in [0.29, 0.717) is 24.6 Å². The van der Waals surface area contributed by atoms with Crippen molar-refractivity contribution in [2.45, 2.75) is 32.6 Å². The molecule has 0 bridgehead atoms. The SMILES string of the molecule is CCC(C(C)=O)c1nc(Cc2nc3ccccc3[nH]2)no1. The number of H-pyrrole nitrogens is 1. The van der Waals surface area contributed by atoms with Gasteiger partial charge >= 0.3 is 0 Å². The summed E-state index contributed by atoms with van der Waals surface area (Å²) in [4.78, 5) is 23.5. The predicted molar refractivity (Wildman–Crippen MR) is 76.9 cm³/mol. The lowest BCUT2D eigenvalue weighted by molar-refractivity contribution is -0.119. The highest BCUT2D eigenvalue weighted by Gasteiger charge is 2.21. The fourth-order valence-electron chi connectivity index (χ4n) is 2.36. The molecule has 0 saturated heterocycles. The lowest BCUT2D eigenvalue weighted by atomic mass is 10.0. The number of ketones is 1. The molecule has 1 unspecified atom stereocenters. The number of carbonyl (C=O) groups is 1. The number of aromatic amines is 1. The lowest BCUT2D eigenvalue weighted by Gasteiger charge is -2.03. The summed E-state index contributed by atoms with van der Waals surface area (Å²) in [5.74, 6) is 1.41. The average molecular weight is 284 g/mol. The highest BCUT2D eigenvalue weighted by molar-refractivity contribution is 5.82. The van der Waals surface area contributed by atoms with Crippen LogP contribution in [-0.4, -0.2) is 25.9 Å². The molecule has 0 fully saturated rings. The van der Waals surface area contributed by atoms with Crippen LogP contribution in [0.2, 0.25) is 0 Å². The Bertz CT molecular complexity index is 742. The van der Waals surface area contributed by atoms with Gasteiger partial charge in [0.15, 0.2) is 5.82 Å². The van der Waals surface area contributed by atoms with Crippen LogP contribution < -0.4 is 0 Å². The third-order valence-electron chi connectivity index (χ3n) is 3.44. The fourth-order valence-corrected chi connectivity index (χ4v) is 2.36. The van der Waals surface area contributed by atoms with E-state index in [4.69, 9.17) is 4.52 Å². The second-order valence-corrected chi connectivity index (χ2v) is 5.00. The van der Waals surface area contributed by atoms with Gasteiger partial charge in [0.25, 0.3) is 0 Å². The number of nitrogens with one attached hydrogen (secondary N) is 1. The third-order valence-corrected chi connectivity index (χ3v) is 3.44. The summed E-state index contributed by atoms with van der Waals surface area (Å²) < 4.78 is 5.20. The van der Waals surface area contributed by atoms with E-state index >= 15 is 0 Å². The summed E-state index contributed by atoms with van der Waals surface area (Å²) in [5.41, 5.74) is 1.89. The molecule has 1 aromatic carbocycles. The van der Waals surface area contributed by atoms with E-state index in [1.165, 1.54) is 6.92 Å². The minimum atomic E-state index is -0.318. The van der Waals surface area contributed by atoms with Gasteiger partial charge in [0, 0.05) is 0 Å². The average Bonchev–Trinajstić information content (AvgIpc) is 3.06. The molecule has 108 valence electrons. The number of hydrogen-bond donors (Lipinski definition) is 1.